The van der Waals surface area contributed by atoms with Crippen molar-refractivity contribution in [2.75, 3.05) is 27.3 Å². The number of aliphatic carboxylic acids is 1. The molecule has 0 atom stereocenters. The Morgan fingerprint density at radius 2 is 1.82 bits per heavy atom. The van der Waals surface area contributed by atoms with Crippen LogP contribution in [-0.2, 0) is 16.0 Å². The molecule has 22 heavy (non-hydrogen) atoms. The highest BCUT2D eigenvalue weighted by atomic mass is 16.5. The zero-order chi connectivity index (χ0) is 16.5. The summed E-state index contributed by atoms with van der Waals surface area (Å²) in [6.45, 7) is 2.74. The Bertz CT molecular complexity index is 515. The zero-order valence-electron chi connectivity index (χ0n) is 13.3. The van der Waals surface area contributed by atoms with E-state index >= 15 is 0 Å². The lowest BCUT2D eigenvalue weighted by atomic mass is 10.1. The van der Waals surface area contributed by atoms with E-state index < -0.39 is 5.97 Å². The Morgan fingerprint density at radius 1 is 1.14 bits per heavy atom. The van der Waals surface area contributed by atoms with Crippen molar-refractivity contribution in [3.05, 3.63) is 23.8 Å². The molecule has 0 spiro atoms. The van der Waals surface area contributed by atoms with Crippen molar-refractivity contribution in [2.45, 2.75) is 26.2 Å². The van der Waals surface area contributed by atoms with Gasteiger partial charge >= 0.3 is 5.97 Å². The van der Waals surface area contributed by atoms with Crippen LogP contribution in [0.2, 0.25) is 0 Å². The maximum Gasteiger partial charge on any atom is 0.305 e. The number of carboxylic acids is 1. The molecule has 1 amide bonds. The van der Waals surface area contributed by atoms with Gasteiger partial charge in [-0.25, -0.2) is 0 Å². The van der Waals surface area contributed by atoms with Crippen LogP contribution in [0.25, 0.3) is 0 Å². The number of methoxy groups -OCH3 is 2. The number of carboxylic acid groups (broad SMARTS) is 1. The van der Waals surface area contributed by atoms with Crippen LogP contribution in [-0.4, -0.2) is 49.2 Å². The second kappa shape index (κ2) is 8.92. The average Bonchev–Trinajstić information content (AvgIpc) is 2.50. The summed E-state index contributed by atoms with van der Waals surface area (Å²) in [4.78, 5) is 24.6. The molecule has 0 aliphatic rings. The van der Waals surface area contributed by atoms with Crippen LogP contribution < -0.4 is 9.47 Å². The monoisotopic (exact) mass is 309 g/mol. The van der Waals surface area contributed by atoms with Gasteiger partial charge in [0.15, 0.2) is 11.5 Å². The first-order valence-electron chi connectivity index (χ1n) is 7.22. The van der Waals surface area contributed by atoms with Crippen molar-refractivity contribution < 1.29 is 24.2 Å². The van der Waals surface area contributed by atoms with Crippen molar-refractivity contribution >= 4 is 11.9 Å². The number of carbonyl (C=O) groups is 2. The van der Waals surface area contributed by atoms with Crippen molar-refractivity contribution in [1.29, 1.82) is 0 Å². The molecular formula is C16H23NO5. The van der Waals surface area contributed by atoms with E-state index in [-0.39, 0.29) is 25.3 Å². The molecule has 1 aromatic rings. The van der Waals surface area contributed by atoms with Gasteiger partial charge in [-0.15, -0.1) is 0 Å². The predicted molar refractivity (Wildman–Crippen MR) is 82.4 cm³/mol. The first-order chi connectivity index (χ1) is 10.5. The maximum absolute atomic E-state index is 12.3. The number of rotatable bonds is 9. The number of hydrogen-bond donors (Lipinski definition) is 1. The van der Waals surface area contributed by atoms with E-state index in [1.807, 2.05) is 6.92 Å². The number of amides is 1. The molecule has 0 saturated carbocycles. The highest BCUT2D eigenvalue weighted by Crippen LogP contribution is 2.27. The van der Waals surface area contributed by atoms with Gasteiger partial charge in [-0.05, 0) is 24.1 Å². The lowest BCUT2D eigenvalue weighted by Gasteiger charge is -2.21. The summed E-state index contributed by atoms with van der Waals surface area (Å²) in [5, 5.41) is 8.76. The topological polar surface area (TPSA) is 76.1 Å². The van der Waals surface area contributed by atoms with E-state index in [2.05, 4.69) is 0 Å². The quantitative estimate of drug-likeness (QED) is 0.754. The minimum atomic E-state index is -0.903. The van der Waals surface area contributed by atoms with E-state index in [4.69, 9.17) is 14.6 Å². The molecule has 0 bridgehead atoms. The van der Waals surface area contributed by atoms with Crippen LogP contribution in [0.15, 0.2) is 18.2 Å². The van der Waals surface area contributed by atoms with E-state index in [1.54, 1.807) is 37.3 Å². The van der Waals surface area contributed by atoms with Gasteiger partial charge in [0.05, 0.1) is 27.1 Å². The van der Waals surface area contributed by atoms with Gasteiger partial charge in [-0.2, -0.15) is 0 Å². The number of hydrogen-bond acceptors (Lipinski definition) is 4. The lowest BCUT2D eigenvalue weighted by molar-refractivity contribution is -0.138. The summed E-state index contributed by atoms with van der Waals surface area (Å²) >= 11 is 0. The minimum Gasteiger partial charge on any atom is -0.493 e. The normalized spacial score (nSPS) is 10.1. The second-order valence-corrected chi connectivity index (χ2v) is 4.89. The van der Waals surface area contributed by atoms with Crippen LogP contribution in [0.1, 0.15) is 25.3 Å². The fourth-order valence-corrected chi connectivity index (χ4v) is 2.14. The van der Waals surface area contributed by atoms with Crippen LogP contribution in [0.4, 0.5) is 0 Å². The van der Waals surface area contributed by atoms with E-state index in [0.29, 0.717) is 18.0 Å². The first kappa shape index (κ1) is 17.8. The average molecular weight is 309 g/mol. The van der Waals surface area contributed by atoms with Crippen molar-refractivity contribution in [1.82, 2.24) is 4.90 Å². The van der Waals surface area contributed by atoms with Crippen LogP contribution in [0, 0.1) is 0 Å². The molecule has 6 heteroatoms. The molecule has 0 aromatic heterocycles. The summed E-state index contributed by atoms with van der Waals surface area (Å²) < 4.78 is 10.4. The van der Waals surface area contributed by atoms with Crippen molar-refractivity contribution in [3.8, 4) is 11.5 Å². The Kier molecular flexibility index (Phi) is 7.22. The molecule has 0 heterocycles. The Labute approximate surface area is 130 Å². The maximum atomic E-state index is 12.3. The van der Waals surface area contributed by atoms with Crippen molar-refractivity contribution in [3.63, 3.8) is 0 Å². The van der Waals surface area contributed by atoms with Crippen molar-refractivity contribution in [2.24, 2.45) is 0 Å². The molecule has 1 rings (SSSR count). The Balaban J connectivity index is 2.77. The molecule has 0 aliphatic heterocycles. The number of benzene rings is 1. The van der Waals surface area contributed by atoms with E-state index in [9.17, 15) is 9.59 Å². The Hall–Kier alpha value is -2.24. The molecule has 1 aromatic carbocycles. The van der Waals surface area contributed by atoms with Gasteiger partial charge in [-0.1, -0.05) is 13.0 Å². The molecule has 0 fully saturated rings. The molecular weight excluding hydrogens is 286 g/mol. The van der Waals surface area contributed by atoms with E-state index in [1.165, 1.54) is 0 Å². The third-order valence-corrected chi connectivity index (χ3v) is 3.25. The van der Waals surface area contributed by atoms with Gasteiger partial charge in [0.2, 0.25) is 5.91 Å². The Morgan fingerprint density at radius 3 is 2.36 bits per heavy atom. The number of ether oxygens (including phenoxy) is 2. The fraction of sp³-hybridized carbons (Fsp3) is 0.500. The van der Waals surface area contributed by atoms with E-state index in [0.717, 1.165) is 12.0 Å². The largest absolute Gasteiger partial charge is 0.493 e. The summed E-state index contributed by atoms with van der Waals surface area (Å²) in [7, 11) is 3.09. The standard InChI is InChI=1S/C16H23NO5/c1-4-8-17(9-7-16(19)20)15(18)11-12-5-6-13(21-2)14(10-12)22-3/h5-6,10H,4,7-9,11H2,1-3H3,(H,19,20). The number of nitrogens with zero attached hydrogens (tertiary/aromatic N) is 1. The summed E-state index contributed by atoms with van der Waals surface area (Å²) in [6, 6.07) is 5.32. The highest BCUT2D eigenvalue weighted by Gasteiger charge is 2.15. The fourth-order valence-electron chi connectivity index (χ4n) is 2.14. The third-order valence-electron chi connectivity index (χ3n) is 3.25. The SMILES string of the molecule is CCCN(CCC(=O)O)C(=O)Cc1ccc(OC)c(OC)c1. The minimum absolute atomic E-state index is 0.0440. The molecule has 6 nitrogen and oxygen atoms in total. The van der Waals surface area contributed by atoms with Gasteiger partial charge in [0.25, 0.3) is 0 Å². The van der Waals surface area contributed by atoms with Gasteiger partial charge in [-0.3, -0.25) is 9.59 Å². The molecule has 0 aliphatic carbocycles. The van der Waals surface area contributed by atoms with Gasteiger partial charge < -0.3 is 19.5 Å². The third kappa shape index (κ3) is 5.27. The van der Waals surface area contributed by atoms with Gasteiger partial charge in [0.1, 0.15) is 0 Å². The lowest BCUT2D eigenvalue weighted by Crippen LogP contribution is -2.34. The van der Waals surface area contributed by atoms with Crippen LogP contribution in [0.5, 0.6) is 11.5 Å². The molecule has 1 N–H and O–H groups in total. The predicted octanol–water partition coefficient (Wildman–Crippen LogP) is 1.96. The molecule has 122 valence electrons. The summed E-state index contributed by atoms with van der Waals surface area (Å²) in [5.41, 5.74) is 0.805. The van der Waals surface area contributed by atoms with Crippen LogP contribution in [0.3, 0.4) is 0 Å². The smallest absolute Gasteiger partial charge is 0.305 e. The highest BCUT2D eigenvalue weighted by molar-refractivity contribution is 5.79. The molecule has 0 unspecified atom stereocenters. The summed E-state index contributed by atoms with van der Waals surface area (Å²) in [6.07, 6.45) is 0.953. The molecule has 0 saturated heterocycles. The summed E-state index contributed by atoms with van der Waals surface area (Å²) in [5.74, 6) is 0.186. The van der Waals surface area contributed by atoms with Crippen LogP contribution >= 0.6 is 0 Å². The first-order valence-corrected chi connectivity index (χ1v) is 7.22. The zero-order valence-corrected chi connectivity index (χ0v) is 13.3. The molecule has 0 radical (unpaired) electrons. The number of carbonyl (C=O) groups excluding carboxylic acids is 1. The van der Waals surface area contributed by atoms with Gasteiger partial charge in [0, 0.05) is 13.1 Å². The second-order valence-electron chi connectivity index (χ2n) is 4.89.